The summed E-state index contributed by atoms with van der Waals surface area (Å²) in [4.78, 5) is 11.4. The summed E-state index contributed by atoms with van der Waals surface area (Å²) in [7, 11) is 0. The van der Waals surface area contributed by atoms with Crippen LogP contribution in [0.25, 0.3) is 0 Å². The molecule has 0 fully saturated rings. The monoisotopic (exact) mass is 275 g/mol. The summed E-state index contributed by atoms with van der Waals surface area (Å²) in [6.45, 7) is 1.83. The molecule has 0 aliphatic rings. The van der Waals surface area contributed by atoms with E-state index in [9.17, 15) is 4.79 Å². The highest BCUT2D eigenvalue weighted by Crippen LogP contribution is 2.05. The van der Waals surface area contributed by atoms with Crippen LogP contribution in [0.3, 0.4) is 0 Å². The standard InChI is InChI=1S/C8H14BrN5O/c1-6(8-11-13-14-12-8)10-7(15)4-2-3-5-9/h6H,2-5H2,1H3,(H,10,15)(H,11,12,13,14). The van der Waals surface area contributed by atoms with Crippen LogP contribution in [-0.4, -0.2) is 31.9 Å². The molecule has 0 aromatic carbocycles. The number of amides is 1. The van der Waals surface area contributed by atoms with Crippen LogP contribution in [0, 0.1) is 0 Å². The summed E-state index contributed by atoms with van der Waals surface area (Å²) in [6.07, 6.45) is 2.42. The van der Waals surface area contributed by atoms with E-state index in [-0.39, 0.29) is 11.9 Å². The van der Waals surface area contributed by atoms with E-state index < -0.39 is 0 Å². The molecule has 0 saturated carbocycles. The van der Waals surface area contributed by atoms with Gasteiger partial charge in [0.1, 0.15) is 0 Å². The first-order valence-corrected chi connectivity index (χ1v) is 5.95. The number of unbranched alkanes of at least 4 members (excludes halogenated alkanes) is 1. The molecule has 84 valence electrons. The van der Waals surface area contributed by atoms with Crippen molar-refractivity contribution in [1.29, 1.82) is 0 Å². The highest BCUT2D eigenvalue weighted by atomic mass is 79.9. The van der Waals surface area contributed by atoms with Gasteiger partial charge in [-0.05, 0) is 19.8 Å². The molecular formula is C8H14BrN5O. The number of nitrogens with one attached hydrogen (secondary N) is 2. The van der Waals surface area contributed by atoms with Crippen molar-refractivity contribution in [3.05, 3.63) is 5.82 Å². The SMILES string of the molecule is CC(NC(=O)CCCCBr)c1nn[nH]n1. The van der Waals surface area contributed by atoms with Crippen molar-refractivity contribution in [2.75, 3.05) is 5.33 Å². The second-order valence-corrected chi connectivity index (χ2v) is 4.00. The Hall–Kier alpha value is -0.980. The molecule has 0 bridgehead atoms. The van der Waals surface area contributed by atoms with Crippen molar-refractivity contribution < 1.29 is 4.79 Å². The minimum atomic E-state index is -0.194. The van der Waals surface area contributed by atoms with E-state index in [4.69, 9.17) is 0 Å². The molecule has 1 heterocycles. The van der Waals surface area contributed by atoms with Crippen molar-refractivity contribution >= 4 is 21.8 Å². The molecule has 0 radical (unpaired) electrons. The number of aromatic amines is 1. The Morgan fingerprint density at radius 3 is 3.00 bits per heavy atom. The second-order valence-electron chi connectivity index (χ2n) is 3.21. The van der Waals surface area contributed by atoms with Crippen molar-refractivity contribution in [1.82, 2.24) is 25.9 Å². The van der Waals surface area contributed by atoms with Gasteiger partial charge in [0, 0.05) is 11.8 Å². The Labute approximate surface area is 96.3 Å². The fourth-order valence-electron chi connectivity index (χ4n) is 1.11. The molecule has 2 N–H and O–H groups in total. The normalized spacial score (nSPS) is 12.4. The number of tetrazole rings is 1. The molecule has 1 aromatic heterocycles. The molecule has 1 rings (SSSR count). The van der Waals surface area contributed by atoms with Gasteiger partial charge in [0.2, 0.25) is 5.91 Å². The van der Waals surface area contributed by atoms with Crippen LogP contribution in [0.1, 0.15) is 38.1 Å². The zero-order valence-electron chi connectivity index (χ0n) is 8.53. The Bertz CT molecular complexity index is 289. The fourth-order valence-corrected chi connectivity index (χ4v) is 1.51. The van der Waals surface area contributed by atoms with E-state index in [0.29, 0.717) is 12.2 Å². The van der Waals surface area contributed by atoms with Gasteiger partial charge in [0.05, 0.1) is 6.04 Å². The largest absolute Gasteiger partial charge is 0.346 e. The lowest BCUT2D eigenvalue weighted by molar-refractivity contribution is -0.121. The number of nitrogens with zero attached hydrogens (tertiary/aromatic N) is 3. The first-order chi connectivity index (χ1) is 7.24. The lowest BCUT2D eigenvalue weighted by Crippen LogP contribution is -2.27. The van der Waals surface area contributed by atoms with Gasteiger partial charge in [-0.2, -0.15) is 5.21 Å². The van der Waals surface area contributed by atoms with Gasteiger partial charge in [-0.3, -0.25) is 4.79 Å². The van der Waals surface area contributed by atoms with Gasteiger partial charge in [-0.1, -0.05) is 21.1 Å². The quantitative estimate of drug-likeness (QED) is 0.598. The lowest BCUT2D eigenvalue weighted by atomic mass is 10.2. The first kappa shape index (κ1) is 12.1. The summed E-state index contributed by atoms with van der Waals surface area (Å²) >= 11 is 3.32. The number of carbonyl (C=O) groups is 1. The molecule has 0 saturated heterocycles. The Morgan fingerprint density at radius 1 is 1.60 bits per heavy atom. The smallest absolute Gasteiger partial charge is 0.220 e. The number of aromatic nitrogens is 4. The van der Waals surface area contributed by atoms with Gasteiger partial charge in [-0.25, -0.2) is 0 Å². The third kappa shape index (κ3) is 4.37. The Kier molecular flexibility index (Phi) is 5.23. The predicted molar refractivity (Wildman–Crippen MR) is 58.4 cm³/mol. The minimum absolute atomic E-state index is 0.0215. The topological polar surface area (TPSA) is 83.6 Å². The average Bonchev–Trinajstić information content (AvgIpc) is 2.70. The highest BCUT2D eigenvalue weighted by molar-refractivity contribution is 9.09. The number of H-pyrrole nitrogens is 1. The van der Waals surface area contributed by atoms with E-state index in [1.165, 1.54) is 0 Å². The Morgan fingerprint density at radius 2 is 2.40 bits per heavy atom. The van der Waals surface area contributed by atoms with Crippen LogP contribution in [0.15, 0.2) is 0 Å². The predicted octanol–water partition coefficient (Wildman–Crippen LogP) is 0.942. The van der Waals surface area contributed by atoms with Crippen LogP contribution in [0.2, 0.25) is 0 Å². The van der Waals surface area contributed by atoms with E-state index in [1.54, 1.807) is 0 Å². The molecule has 15 heavy (non-hydrogen) atoms. The first-order valence-electron chi connectivity index (χ1n) is 4.82. The maximum Gasteiger partial charge on any atom is 0.220 e. The van der Waals surface area contributed by atoms with Gasteiger partial charge in [0.15, 0.2) is 5.82 Å². The number of alkyl halides is 1. The maximum atomic E-state index is 11.4. The molecule has 0 aliphatic heterocycles. The van der Waals surface area contributed by atoms with Crippen LogP contribution >= 0.6 is 15.9 Å². The number of carbonyl (C=O) groups excluding carboxylic acids is 1. The summed E-state index contributed by atoms with van der Waals surface area (Å²) in [6, 6.07) is -0.194. The highest BCUT2D eigenvalue weighted by Gasteiger charge is 2.12. The second kappa shape index (κ2) is 6.49. The van der Waals surface area contributed by atoms with Gasteiger partial charge < -0.3 is 5.32 Å². The third-order valence-electron chi connectivity index (χ3n) is 1.91. The lowest BCUT2D eigenvalue weighted by Gasteiger charge is -2.09. The number of halogens is 1. The molecule has 1 aromatic rings. The summed E-state index contributed by atoms with van der Waals surface area (Å²) in [5.74, 6) is 0.525. The summed E-state index contributed by atoms with van der Waals surface area (Å²) in [5, 5.41) is 17.1. The molecule has 7 heteroatoms. The van der Waals surface area contributed by atoms with Crippen LogP contribution < -0.4 is 5.32 Å². The van der Waals surface area contributed by atoms with E-state index >= 15 is 0 Å². The molecule has 1 atom stereocenters. The molecule has 1 amide bonds. The van der Waals surface area contributed by atoms with Crippen LogP contribution in [0.4, 0.5) is 0 Å². The average molecular weight is 276 g/mol. The van der Waals surface area contributed by atoms with Gasteiger partial charge >= 0.3 is 0 Å². The zero-order valence-corrected chi connectivity index (χ0v) is 10.1. The Balaban J connectivity index is 2.26. The summed E-state index contributed by atoms with van der Waals surface area (Å²) in [5.41, 5.74) is 0. The zero-order chi connectivity index (χ0) is 11.1. The van der Waals surface area contributed by atoms with Crippen LogP contribution in [-0.2, 0) is 4.79 Å². The van der Waals surface area contributed by atoms with Crippen LogP contribution in [0.5, 0.6) is 0 Å². The van der Waals surface area contributed by atoms with E-state index in [2.05, 4.69) is 41.9 Å². The number of rotatable bonds is 6. The van der Waals surface area contributed by atoms with Gasteiger partial charge in [-0.15, -0.1) is 10.2 Å². The number of hydrogen-bond acceptors (Lipinski definition) is 4. The third-order valence-corrected chi connectivity index (χ3v) is 2.47. The van der Waals surface area contributed by atoms with Crippen molar-refractivity contribution in [3.63, 3.8) is 0 Å². The van der Waals surface area contributed by atoms with Crippen molar-refractivity contribution in [2.45, 2.75) is 32.2 Å². The minimum Gasteiger partial charge on any atom is -0.346 e. The van der Waals surface area contributed by atoms with Crippen molar-refractivity contribution in [2.24, 2.45) is 0 Å². The number of hydrogen-bond donors (Lipinski definition) is 2. The van der Waals surface area contributed by atoms with Gasteiger partial charge in [0.25, 0.3) is 0 Å². The van der Waals surface area contributed by atoms with E-state index in [1.807, 2.05) is 6.92 Å². The maximum absolute atomic E-state index is 11.4. The molecule has 6 nitrogen and oxygen atoms in total. The van der Waals surface area contributed by atoms with E-state index in [0.717, 1.165) is 18.2 Å². The molecule has 0 spiro atoms. The van der Waals surface area contributed by atoms with Crippen molar-refractivity contribution in [3.8, 4) is 0 Å². The molecular weight excluding hydrogens is 262 g/mol. The summed E-state index contributed by atoms with van der Waals surface area (Å²) < 4.78 is 0. The fraction of sp³-hybridized carbons (Fsp3) is 0.750. The molecule has 0 aliphatic carbocycles. The molecule has 1 unspecified atom stereocenters.